The molecule has 0 fully saturated rings. The summed E-state index contributed by atoms with van der Waals surface area (Å²) in [4.78, 5) is 8.93. The maximum Gasteiger partial charge on any atom is 0.161 e. The molecule has 0 amide bonds. The van der Waals surface area contributed by atoms with Crippen molar-refractivity contribution < 1.29 is 0 Å². The van der Waals surface area contributed by atoms with Crippen LogP contribution in [0.3, 0.4) is 0 Å². The van der Waals surface area contributed by atoms with Gasteiger partial charge in [0, 0.05) is 12.1 Å². The van der Waals surface area contributed by atoms with Crippen LogP contribution in [0.5, 0.6) is 0 Å². The van der Waals surface area contributed by atoms with Crippen LogP contribution in [-0.2, 0) is 0 Å². The van der Waals surface area contributed by atoms with E-state index in [1.165, 1.54) is 0 Å². The number of hydrogen-bond acceptors (Lipinski definition) is 3. The van der Waals surface area contributed by atoms with E-state index in [1.54, 1.807) is 0 Å². The zero-order valence-corrected chi connectivity index (χ0v) is 10.3. The van der Waals surface area contributed by atoms with E-state index in [2.05, 4.69) is 42.8 Å². The van der Waals surface area contributed by atoms with E-state index >= 15 is 0 Å². The average molecular weight is 218 g/mol. The molecule has 2 aromatic heterocycles. The van der Waals surface area contributed by atoms with Crippen LogP contribution in [0.25, 0.3) is 11.0 Å². The van der Waals surface area contributed by atoms with Gasteiger partial charge in [-0.3, -0.25) is 0 Å². The van der Waals surface area contributed by atoms with Crippen molar-refractivity contribution in [3.63, 3.8) is 0 Å². The summed E-state index contributed by atoms with van der Waals surface area (Å²) in [6, 6.07) is 0.382. The normalized spacial score (nSPS) is 13.6. The largest absolute Gasteiger partial charge is 0.244 e. The van der Waals surface area contributed by atoms with Gasteiger partial charge in [0.1, 0.15) is 5.82 Å². The molecule has 0 saturated heterocycles. The van der Waals surface area contributed by atoms with Crippen LogP contribution < -0.4 is 0 Å². The van der Waals surface area contributed by atoms with E-state index in [0.717, 1.165) is 23.3 Å². The minimum atomic E-state index is 0.352. The number of hydrogen-bond donors (Lipinski definition) is 0. The van der Waals surface area contributed by atoms with E-state index in [0.29, 0.717) is 12.0 Å². The third kappa shape index (κ3) is 1.79. The molecule has 0 bridgehead atoms. The quantitative estimate of drug-likeness (QED) is 0.795. The van der Waals surface area contributed by atoms with Gasteiger partial charge in [-0.1, -0.05) is 20.8 Å². The fraction of sp³-hybridized carbons (Fsp3) is 0.583. The van der Waals surface area contributed by atoms with Gasteiger partial charge in [-0.15, -0.1) is 0 Å². The minimum Gasteiger partial charge on any atom is -0.244 e. The van der Waals surface area contributed by atoms with Gasteiger partial charge in [0.05, 0.1) is 17.6 Å². The lowest BCUT2D eigenvalue weighted by molar-refractivity contribution is 0.489. The molecule has 86 valence electrons. The minimum absolute atomic E-state index is 0.352. The van der Waals surface area contributed by atoms with Gasteiger partial charge in [-0.05, 0) is 13.3 Å². The summed E-state index contributed by atoms with van der Waals surface area (Å²) in [7, 11) is 0. The Hall–Kier alpha value is -1.45. The van der Waals surface area contributed by atoms with Crippen LogP contribution >= 0.6 is 0 Å². The van der Waals surface area contributed by atoms with Crippen molar-refractivity contribution in [2.24, 2.45) is 0 Å². The Balaban J connectivity index is 2.55. The van der Waals surface area contributed by atoms with Gasteiger partial charge >= 0.3 is 0 Å². The molecule has 2 rings (SSSR count). The third-order valence-corrected chi connectivity index (χ3v) is 2.88. The summed E-state index contributed by atoms with van der Waals surface area (Å²) in [6.07, 6.45) is 4.76. The maximum atomic E-state index is 4.59. The molecule has 2 aromatic rings. The summed E-state index contributed by atoms with van der Waals surface area (Å²) in [5.41, 5.74) is 0.952. The molecule has 16 heavy (non-hydrogen) atoms. The van der Waals surface area contributed by atoms with Crippen LogP contribution in [-0.4, -0.2) is 19.7 Å². The molecular formula is C12H18N4. The lowest BCUT2D eigenvalue weighted by Gasteiger charge is -2.10. The second-order valence-corrected chi connectivity index (χ2v) is 4.51. The number of aromatic nitrogens is 4. The lowest BCUT2D eigenvalue weighted by atomic mass is 10.2. The molecule has 0 saturated carbocycles. The van der Waals surface area contributed by atoms with E-state index in [1.807, 2.05) is 17.1 Å². The SMILES string of the molecule is CCC(C)n1ncc2cnc(C(C)C)nc21. The molecule has 0 aliphatic carbocycles. The zero-order chi connectivity index (χ0) is 11.7. The summed E-state index contributed by atoms with van der Waals surface area (Å²) < 4.78 is 1.99. The Morgan fingerprint density at radius 2 is 2.00 bits per heavy atom. The van der Waals surface area contributed by atoms with E-state index < -0.39 is 0 Å². The van der Waals surface area contributed by atoms with Gasteiger partial charge in [-0.25, -0.2) is 14.6 Å². The molecule has 0 aliphatic heterocycles. The van der Waals surface area contributed by atoms with Gasteiger partial charge in [0.2, 0.25) is 0 Å². The maximum absolute atomic E-state index is 4.59. The van der Waals surface area contributed by atoms with E-state index in [9.17, 15) is 0 Å². The molecule has 4 heteroatoms. The number of nitrogens with zero attached hydrogens (tertiary/aromatic N) is 4. The smallest absolute Gasteiger partial charge is 0.161 e. The Morgan fingerprint density at radius 3 is 2.62 bits per heavy atom. The highest BCUT2D eigenvalue weighted by molar-refractivity contribution is 5.73. The Bertz CT molecular complexity index is 487. The zero-order valence-electron chi connectivity index (χ0n) is 10.3. The summed E-state index contributed by atoms with van der Waals surface area (Å²) in [5, 5.41) is 5.40. The van der Waals surface area contributed by atoms with Crippen molar-refractivity contribution in [1.29, 1.82) is 0 Å². The summed E-state index contributed by atoms with van der Waals surface area (Å²) in [6.45, 7) is 8.52. The highest BCUT2D eigenvalue weighted by atomic mass is 15.3. The highest BCUT2D eigenvalue weighted by Gasteiger charge is 2.11. The molecule has 2 heterocycles. The Labute approximate surface area is 95.7 Å². The first-order chi connectivity index (χ1) is 7.63. The molecule has 1 unspecified atom stereocenters. The molecule has 0 spiro atoms. The van der Waals surface area contributed by atoms with Crippen molar-refractivity contribution in [3.05, 3.63) is 18.2 Å². The topological polar surface area (TPSA) is 43.6 Å². The van der Waals surface area contributed by atoms with Crippen LogP contribution in [0.1, 0.15) is 51.9 Å². The van der Waals surface area contributed by atoms with Crippen molar-refractivity contribution in [2.75, 3.05) is 0 Å². The van der Waals surface area contributed by atoms with Gasteiger partial charge in [0.15, 0.2) is 5.65 Å². The second-order valence-electron chi connectivity index (χ2n) is 4.51. The second kappa shape index (κ2) is 4.20. The predicted molar refractivity (Wildman–Crippen MR) is 64.4 cm³/mol. The lowest BCUT2D eigenvalue weighted by Crippen LogP contribution is -2.07. The molecule has 4 nitrogen and oxygen atoms in total. The Kier molecular flexibility index (Phi) is 2.90. The molecule has 1 atom stereocenters. The molecule has 0 N–H and O–H groups in total. The predicted octanol–water partition coefficient (Wildman–Crippen LogP) is 2.92. The standard InChI is InChI=1S/C12H18N4/c1-5-9(4)16-12-10(7-14-16)6-13-11(15-12)8(2)3/h6-9H,5H2,1-4H3. The average Bonchev–Trinajstić information content (AvgIpc) is 2.70. The fourth-order valence-corrected chi connectivity index (χ4v) is 1.62. The van der Waals surface area contributed by atoms with E-state index in [-0.39, 0.29) is 0 Å². The summed E-state index contributed by atoms with van der Waals surface area (Å²) >= 11 is 0. The van der Waals surface area contributed by atoms with Crippen molar-refractivity contribution in [3.8, 4) is 0 Å². The van der Waals surface area contributed by atoms with Crippen molar-refractivity contribution in [2.45, 2.75) is 46.1 Å². The molecule has 0 aliphatic rings. The first-order valence-electron chi connectivity index (χ1n) is 5.83. The van der Waals surface area contributed by atoms with Crippen molar-refractivity contribution >= 4 is 11.0 Å². The van der Waals surface area contributed by atoms with Crippen LogP contribution in [0.2, 0.25) is 0 Å². The monoisotopic (exact) mass is 218 g/mol. The van der Waals surface area contributed by atoms with Gasteiger partial charge < -0.3 is 0 Å². The number of rotatable bonds is 3. The van der Waals surface area contributed by atoms with Gasteiger partial charge in [0.25, 0.3) is 0 Å². The van der Waals surface area contributed by atoms with Gasteiger partial charge in [-0.2, -0.15) is 5.10 Å². The molecule has 0 aromatic carbocycles. The first-order valence-corrected chi connectivity index (χ1v) is 5.83. The van der Waals surface area contributed by atoms with Crippen LogP contribution in [0.4, 0.5) is 0 Å². The van der Waals surface area contributed by atoms with E-state index in [4.69, 9.17) is 0 Å². The first kappa shape index (κ1) is 11.0. The molecular weight excluding hydrogens is 200 g/mol. The van der Waals surface area contributed by atoms with Crippen molar-refractivity contribution in [1.82, 2.24) is 19.7 Å². The van der Waals surface area contributed by atoms with Crippen LogP contribution in [0.15, 0.2) is 12.4 Å². The summed E-state index contributed by atoms with van der Waals surface area (Å²) in [5.74, 6) is 1.24. The number of fused-ring (bicyclic) bond motifs is 1. The Morgan fingerprint density at radius 1 is 1.25 bits per heavy atom. The highest BCUT2D eigenvalue weighted by Crippen LogP contribution is 2.19. The fourth-order valence-electron chi connectivity index (χ4n) is 1.62. The van der Waals surface area contributed by atoms with Crippen LogP contribution in [0, 0.1) is 0 Å². The molecule has 0 radical (unpaired) electrons. The third-order valence-electron chi connectivity index (χ3n) is 2.88.